The topological polar surface area (TPSA) is 73.9 Å². The van der Waals surface area contributed by atoms with Crippen LogP contribution in [0.3, 0.4) is 0 Å². The summed E-state index contributed by atoms with van der Waals surface area (Å²) in [6, 6.07) is 20.1. The van der Waals surface area contributed by atoms with Crippen molar-refractivity contribution in [3.05, 3.63) is 105 Å². The molecule has 8 nitrogen and oxygen atoms in total. The normalized spacial score (nSPS) is 12.2. The van der Waals surface area contributed by atoms with Crippen molar-refractivity contribution < 1.29 is 9.35 Å². The highest BCUT2D eigenvalue weighted by molar-refractivity contribution is 7.71. The van der Waals surface area contributed by atoms with Gasteiger partial charge in [0, 0.05) is 37.3 Å². The molecule has 0 aliphatic rings. The molecule has 182 valence electrons. The van der Waals surface area contributed by atoms with Gasteiger partial charge >= 0.3 is 9.54 Å². The number of rotatable bonds is 9. The second kappa shape index (κ2) is 12.1. The van der Waals surface area contributed by atoms with Gasteiger partial charge in [-0.25, -0.2) is 0 Å². The molecule has 0 aliphatic carbocycles. The van der Waals surface area contributed by atoms with Gasteiger partial charge in [-0.2, -0.15) is 0 Å². The van der Waals surface area contributed by atoms with Gasteiger partial charge in [0.15, 0.2) is 0 Å². The molecule has 36 heavy (non-hydrogen) atoms. The summed E-state index contributed by atoms with van der Waals surface area (Å²) in [5.74, 6) is 1.67. The Kier molecular flexibility index (Phi) is 8.43. The monoisotopic (exact) mass is 516 g/mol. The number of nitrogens with zero attached hydrogens (tertiary/aromatic N) is 6. The van der Waals surface area contributed by atoms with E-state index in [1.165, 1.54) is 0 Å². The number of aromatic amines is 2. The molecule has 0 unspecified atom stereocenters. The third kappa shape index (κ3) is 5.78. The van der Waals surface area contributed by atoms with Crippen LogP contribution in [0.1, 0.15) is 36.6 Å². The molecule has 2 N–H and O–H groups in total. The van der Waals surface area contributed by atoms with Gasteiger partial charge in [-0.05, 0) is 23.3 Å². The van der Waals surface area contributed by atoms with Gasteiger partial charge in [-0.15, -0.1) is 20.4 Å². The van der Waals surface area contributed by atoms with Crippen molar-refractivity contribution in [1.29, 1.82) is 0 Å². The van der Waals surface area contributed by atoms with E-state index in [0.717, 1.165) is 22.8 Å². The number of aryl methyl sites for hydroxylation is 2. The van der Waals surface area contributed by atoms with Crippen LogP contribution >= 0.6 is 24.4 Å². The van der Waals surface area contributed by atoms with Crippen molar-refractivity contribution in [3.63, 3.8) is 0 Å². The fourth-order valence-corrected chi connectivity index (χ4v) is 4.03. The Hall–Kier alpha value is -4.02. The minimum absolute atomic E-state index is 0.441. The smallest absolute Gasteiger partial charge is 0.122 e. The van der Waals surface area contributed by atoms with E-state index < -0.39 is 0 Å². The fourth-order valence-electron chi connectivity index (χ4n) is 3.46. The van der Waals surface area contributed by atoms with Crippen molar-refractivity contribution in [2.45, 2.75) is 26.7 Å². The van der Waals surface area contributed by atoms with Crippen LogP contribution in [0, 0.1) is 9.54 Å². The molecule has 0 amide bonds. The fraction of sp³-hybridized carbons (Fsp3) is 0.154. The Bertz CT molecular complexity index is 1420. The molecule has 10 heteroatoms. The molecular formula is C26H28N8S2+2. The Morgan fingerprint density at radius 1 is 0.694 bits per heavy atom. The molecule has 0 saturated heterocycles. The lowest BCUT2D eigenvalue weighted by Crippen LogP contribution is -2.33. The highest BCUT2D eigenvalue weighted by Crippen LogP contribution is 2.02. The lowest BCUT2D eigenvalue weighted by atomic mass is 10.2. The number of benzene rings is 2. The van der Waals surface area contributed by atoms with Crippen LogP contribution in [0.15, 0.2) is 83.0 Å². The van der Waals surface area contributed by atoms with Crippen molar-refractivity contribution in [3.8, 4) is 0 Å². The number of hydrogen-bond acceptors (Lipinski definition) is 4. The first-order valence-electron chi connectivity index (χ1n) is 11.7. The van der Waals surface area contributed by atoms with Crippen LogP contribution in [-0.2, 0) is 12.8 Å². The van der Waals surface area contributed by atoms with E-state index in [2.05, 4.69) is 20.4 Å². The van der Waals surface area contributed by atoms with Gasteiger partial charge in [-0.3, -0.25) is 0 Å². The summed E-state index contributed by atoms with van der Waals surface area (Å²) in [5, 5.41) is 15.7. The zero-order valence-corrected chi connectivity index (χ0v) is 21.8. The van der Waals surface area contributed by atoms with Gasteiger partial charge in [0.25, 0.3) is 11.6 Å². The zero-order valence-electron chi connectivity index (χ0n) is 20.2. The van der Waals surface area contributed by atoms with Crippen molar-refractivity contribution in [2.24, 2.45) is 10.2 Å². The average molecular weight is 517 g/mol. The van der Waals surface area contributed by atoms with E-state index in [9.17, 15) is 0 Å². The predicted octanol–water partition coefficient (Wildman–Crippen LogP) is 4.51. The number of nitrogens with one attached hydrogen (secondary N) is 2. The maximum atomic E-state index is 5.72. The summed E-state index contributed by atoms with van der Waals surface area (Å²) in [6.07, 6.45) is 12.6. The second-order valence-corrected chi connectivity index (χ2v) is 8.44. The van der Waals surface area contributed by atoms with Gasteiger partial charge in [0.2, 0.25) is 0 Å². The highest BCUT2D eigenvalue weighted by atomic mass is 32.1. The van der Waals surface area contributed by atoms with Crippen LogP contribution in [0.2, 0.25) is 0 Å². The Balaban J connectivity index is 1.62. The number of aromatic nitrogens is 6. The van der Waals surface area contributed by atoms with Gasteiger partial charge in [-0.1, -0.05) is 96.0 Å². The molecule has 0 fully saturated rings. The molecule has 0 radical (unpaired) electrons. The molecule has 0 aliphatic heterocycles. The number of allylic oxidation sites excluding steroid dienone is 2. The zero-order chi connectivity index (χ0) is 25.3. The molecule has 4 aromatic rings. The second-order valence-electron chi connectivity index (χ2n) is 7.71. The van der Waals surface area contributed by atoms with Crippen LogP contribution in [-0.4, -0.2) is 32.2 Å². The minimum atomic E-state index is 0.441. The summed E-state index contributed by atoms with van der Waals surface area (Å²) in [6.45, 7) is 4.07. The van der Waals surface area contributed by atoms with E-state index >= 15 is 0 Å². The van der Waals surface area contributed by atoms with E-state index in [1.54, 1.807) is 31.4 Å². The maximum Gasteiger partial charge on any atom is 0.392 e. The molecule has 2 aromatic heterocycles. The largest absolute Gasteiger partial charge is 0.392 e. The molecule has 0 spiro atoms. The first kappa shape index (κ1) is 25.1. The Morgan fingerprint density at radius 3 is 1.44 bits per heavy atom. The minimum Gasteiger partial charge on any atom is -0.122 e. The number of hydrogen-bond donors (Lipinski definition) is 2. The lowest BCUT2D eigenvalue weighted by molar-refractivity contribution is -0.695. The first-order valence-corrected chi connectivity index (χ1v) is 12.5. The first-order chi connectivity index (χ1) is 17.6. The van der Waals surface area contributed by atoms with Crippen molar-refractivity contribution in [2.75, 3.05) is 0 Å². The van der Waals surface area contributed by atoms with Crippen LogP contribution in [0.25, 0.3) is 12.2 Å². The standard InChI is InChI=1S/C26H26N8S2/c1-3-23-29-33(25(35)31(23)27-19-11-17-21-13-7-5-8-14-21)34-26(36)32(24(4-2)30-34)28-20-12-18-22-15-9-6-10-16-22/h5-20H,3-4H2,1-2H3/p+2/b17-11+,18-12+,27-19+,28-20+. The SMILES string of the molecule is CCc1[nH]n(-n2[nH]c(CC)[n+](/N=C/C=C/c3ccccc3)c2=S)c(=S)[n+]1/N=C/C=C/c1ccccc1. The van der Waals surface area contributed by atoms with Gasteiger partial charge in [0.05, 0.1) is 22.0 Å². The predicted molar refractivity (Wildman–Crippen MR) is 148 cm³/mol. The molecule has 4 rings (SSSR count). The van der Waals surface area contributed by atoms with E-state index in [-0.39, 0.29) is 0 Å². The summed E-state index contributed by atoms with van der Waals surface area (Å²) >= 11 is 11.4. The Labute approximate surface area is 219 Å². The summed E-state index contributed by atoms with van der Waals surface area (Å²) in [4.78, 5) is 3.33. The van der Waals surface area contributed by atoms with E-state index in [1.807, 2.05) is 98.8 Å². The summed E-state index contributed by atoms with van der Waals surface area (Å²) in [7, 11) is 0. The average Bonchev–Trinajstić information content (AvgIpc) is 3.40. The number of H-pyrrole nitrogens is 2. The van der Waals surface area contributed by atoms with Crippen LogP contribution in [0.4, 0.5) is 0 Å². The quantitative estimate of drug-likeness (QED) is 0.195. The molecule has 0 saturated carbocycles. The molecule has 0 bridgehead atoms. The van der Waals surface area contributed by atoms with Gasteiger partial charge in [0.1, 0.15) is 0 Å². The van der Waals surface area contributed by atoms with Crippen LogP contribution < -0.4 is 9.35 Å². The van der Waals surface area contributed by atoms with Crippen molar-refractivity contribution >= 4 is 49.0 Å². The van der Waals surface area contributed by atoms with E-state index in [4.69, 9.17) is 24.4 Å². The third-order valence-electron chi connectivity index (χ3n) is 5.29. The van der Waals surface area contributed by atoms with Gasteiger partial charge < -0.3 is 0 Å². The molecule has 2 heterocycles. The van der Waals surface area contributed by atoms with E-state index in [0.29, 0.717) is 22.4 Å². The van der Waals surface area contributed by atoms with Crippen molar-refractivity contribution in [1.82, 2.24) is 19.8 Å². The summed E-state index contributed by atoms with van der Waals surface area (Å²) in [5.41, 5.74) is 2.20. The molecular weight excluding hydrogens is 488 g/mol. The molecule has 0 atom stereocenters. The molecule has 2 aromatic carbocycles. The third-order valence-corrected chi connectivity index (χ3v) is 5.98. The highest BCUT2D eigenvalue weighted by Gasteiger charge is 2.26. The van der Waals surface area contributed by atoms with Crippen LogP contribution in [0.5, 0.6) is 0 Å². The lowest BCUT2D eigenvalue weighted by Gasteiger charge is -1.89. The maximum absolute atomic E-state index is 5.72. The Morgan fingerprint density at radius 2 is 1.08 bits per heavy atom. The summed E-state index contributed by atoms with van der Waals surface area (Å²) < 4.78 is 4.26.